The number of anilines is 1. The Labute approximate surface area is 156 Å². The number of hydrogen-bond donors (Lipinski definition) is 1. The van der Waals surface area contributed by atoms with Gasteiger partial charge in [-0.1, -0.05) is 0 Å². The molecule has 1 atom stereocenters. The molecule has 26 heavy (non-hydrogen) atoms. The minimum atomic E-state index is -4.38. The second kappa shape index (κ2) is 8.22. The van der Waals surface area contributed by atoms with Crippen LogP contribution in [0, 0.1) is 0 Å². The lowest BCUT2D eigenvalue weighted by Gasteiger charge is -2.20. The van der Waals surface area contributed by atoms with Crippen LogP contribution >= 0.6 is 23.5 Å². The van der Waals surface area contributed by atoms with E-state index in [0.717, 1.165) is 29.4 Å². The molecule has 1 N–H and O–H groups in total. The van der Waals surface area contributed by atoms with E-state index in [1.54, 1.807) is 35.7 Å². The maximum absolute atomic E-state index is 12.5. The standard InChI is InChI=1S/C17H15F3N2O2S2/c18-17(19,20)11-1-4-13(5-2-11)24-15-6-3-12(9-21-15)22-16(23)14-10-25-7-8-26-14/h1-6,9,14H,7-8,10H2,(H,22,23)/t14-/m0/s1. The van der Waals surface area contributed by atoms with Gasteiger partial charge >= 0.3 is 6.18 Å². The predicted molar refractivity (Wildman–Crippen MR) is 98.0 cm³/mol. The van der Waals surface area contributed by atoms with E-state index < -0.39 is 11.7 Å². The van der Waals surface area contributed by atoms with E-state index in [4.69, 9.17) is 4.74 Å². The molecule has 1 aliphatic rings. The Bertz CT molecular complexity index is 746. The van der Waals surface area contributed by atoms with Crippen molar-refractivity contribution in [1.82, 2.24) is 4.98 Å². The van der Waals surface area contributed by atoms with Crippen molar-refractivity contribution in [2.75, 3.05) is 22.6 Å². The summed E-state index contributed by atoms with van der Waals surface area (Å²) in [7, 11) is 0. The van der Waals surface area contributed by atoms with Gasteiger partial charge in [0.1, 0.15) is 5.75 Å². The summed E-state index contributed by atoms with van der Waals surface area (Å²) in [6, 6.07) is 7.56. The van der Waals surface area contributed by atoms with Crippen LogP contribution < -0.4 is 10.1 Å². The van der Waals surface area contributed by atoms with Crippen LogP contribution in [0.2, 0.25) is 0 Å². The molecule has 0 radical (unpaired) electrons. The second-order valence-corrected chi connectivity index (χ2v) is 7.89. The number of thioether (sulfide) groups is 2. The zero-order valence-electron chi connectivity index (χ0n) is 13.5. The number of hydrogen-bond acceptors (Lipinski definition) is 5. The van der Waals surface area contributed by atoms with Gasteiger partial charge in [0.05, 0.1) is 22.7 Å². The predicted octanol–water partition coefficient (Wildman–Crippen LogP) is 4.68. The summed E-state index contributed by atoms with van der Waals surface area (Å²) in [5.74, 6) is 3.23. The Morgan fingerprint density at radius 1 is 1.15 bits per heavy atom. The Morgan fingerprint density at radius 3 is 2.50 bits per heavy atom. The van der Waals surface area contributed by atoms with Crippen LogP contribution in [0.25, 0.3) is 0 Å². The van der Waals surface area contributed by atoms with Crippen molar-refractivity contribution < 1.29 is 22.7 Å². The topological polar surface area (TPSA) is 51.2 Å². The van der Waals surface area contributed by atoms with E-state index in [2.05, 4.69) is 10.3 Å². The lowest BCUT2D eigenvalue weighted by atomic mass is 10.2. The average molecular weight is 400 g/mol. The first-order chi connectivity index (χ1) is 12.4. The maximum Gasteiger partial charge on any atom is 0.416 e. The molecular formula is C17H15F3N2O2S2. The number of pyridine rings is 1. The second-order valence-electron chi connectivity index (χ2n) is 5.43. The Hall–Kier alpha value is -1.87. The number of aromatic nitrogens is 1. The van der Waals surface area contributed by atoms with E-state index >= 15 is 0 Å². The summed E-state index contributed by atoms with van der Waals surface area (Å²) in [5, 5.41) is 2.74. The molecule has 0 spiro atoms. The van der Waals surface area contributed by atoms with Crippen LogP contribution in [-0.4, -0.2) is 33.4 Å². The van der Waals surface area contributed by atoms with E-state index in [-0.39, 0.29) is 22.8 Å². The lowest BCUT2D eigenvalue weighted by Crippen LogP contribution is -2.30. The summed E-state index contributed by atoms with van der Waals surface area (Å²) in [4.78, 5) is 16.2. The van der Waals surface area contributed by atoms with Gasteiger partial charge in [-0.25, -0.2) is 4.98 Å². The zero-order chi connectivity index (χ0) is 18.6. The van der Waals surface area contributed by atoms with E-state index in [0.29, 0.717) is 5.69 Å². The number of ether oxygens (including phenoxy) is 1. The molecule has 2 heterocycles. The van der Waals surface area contributed by atoms with Crippen molar-refractivity contribution in [2.24, 2.45) is 0 Å². The molecule has 1 aromatic heterocycles. The van der Waals surface area contributed by atoms with Crippen molar-refractivity contribution >= 4 is 35.1 Å². The number of carbonyl (C=O) groups excluding carboxylic acids is 1. The van der Waals surface area contributed by atoms with Crippen LogP contribution in [-0.2, 0) is 11.0 Å². The molecule has 4 nitrogen and oxygen atoms in total. The highest BCUT2D eigenvalue weighted by Gasteiger charge is 2.30. The number of nitrogens with one attached hydrogen (secondary N) is 1. The lowest BCUT2D eigenvalue weighted by molar-refractivity contribution is -0.137. The minimum absolute atomic E-state index is 0.0552. The van der Waals surface area contributed by atoms with Gasteiger partial charge in [-0.2, -0.15) is 24.9 Å². The Balaban J connectivity index is 1.58. The van der Waals surface area contributed by atoms with Crippen LogP contribution in [0.5, 0.6) is 11.6 Å². The quantitative estimate of drug-likeness (QED) is 0.808. The van der Waals surface area contributed by atoms with Gasteiger partial charge in [0.15, 0.2) is 0 Å². The molecule has 1 fully saturated rings. The largest absolute Gasteiger partial charge is 0.439 e. The van der Waals surface area contributed by atoms with E-state index in [1.807, 2.05) is 0 Å². The first-order valence-electron chi connectivity index (χ1n) is 7.73. The minimum Gasteiger partial charge on any atom is -0.439 e. The Morgan fingerprint density at radius 2 is 1.92 bits per heavy atom. The fourth-order valence-corrected chi connectivity index (χ4v) is 4.77. The molecule has 3 rings (SSSR count). The molecule has 1 aromatic carbocycles. The average Bonchev–Trinajstić information content (AvgIpc) is 2.64. The zero-order valence-corrected chi connectivity index (χ0v) is 15.1. The number of rotatable bonds is 4. The molecule has 1 aliphatic heterocycles. The third kappa shape index (κ3) is 5.07. The fraction of sp³-hybridized carbons (Fsp3) is 0.294. The molecule has 9 heteroatoms. The van der Waals surface area contributed by atoms with Crippen LogP contribution in [0.1, 0.15) is 5.56 Å². The summed E-state index contributed by atoms with van der Waals surface area (Å²) >= 11 is 3.40. The number of halogens is 3. The molecule has 2 aromatic rings. The fourth-order valence-electron chi connectivity index (χ4n) is 2.21. The number of amides is 1. The smallest absolute Gasteiger partial charge is 0.416 e. The molecule has 0 unspecified atom stereocenters. The van der Waals surface area contributed by atoms with Crippen LogP contribution in [0.4, 0.5) is 18.9 Å². The van der Waals surface area contributed by atoms with Crippen molar-refractivity contribution in [1.29, 1.82) is 0 Å². The first kappa shape index (κ1) is 18.9. The van der Waals surface area contributed by atoms with Crippen LogP contribution in [0.3, 0.4) is 0 Å². The van der Waals surface area contributed by atoms with Gasteiger partial charge in [-0.05, 0) is 30.3 Å². The highest BCUT2D eigenvalue weighted by atomic mass is 32.2. The number of carbonyl (C=O) groups is 1. The summed E-state index contributed by atoms with van der Waals surface area (Å²) in [6.45, 7) is 0. The molecule has 0 aliphatic carbocycles. The summed E-state index contributed by atoms with van der Waals surface area (Å²) < 4.78 is 43.0. The molecule has 1 amide bonds. The number of benzene rings is 1. The van der Waals surface area contributed by atoms with Crippen molar-refractivity contribution in [3.63, 3.8) is 0 Å². The Kier molecular flexibility index (Phi) is 5.98. The van der Waals surface area contributed by atoms with Gasteiger partial charge in [0.2, 0.25) is 11.8 Å². The van der Waals surface area contributed by atoms with Crippen molar-refractivity contribution in [2.45, 2.75) is 11.4 Å². The number of alkyl halides is 3. The third-order valence-corrected chi connectivity index (χ3v) is 6.27. The van der Waals surface area contributed by atoms with Gasteiger partial charge in [-0.3, -0.25) is 4.79 Å². The molecule has 138 valence electrons. The maximum atomic E-state index is 12.5. The van der Waals surface area contributed by atoms with Crippen molar-refractivity contribution in [3.8, 4) is 11.6 Å². The van der Waals surface area contributed by atoms with Gasteiger partial charge < -0.3 is 10.1 Å². The van der Waals surface area contributed by atoms with Crippen molar-refractivity contribution in [3.05, 3.63) is 48.2 Å². The first-order valence-corrected chi connectivity index (χ1v) is 9.93. The van der Waals surface area contributed by atoms with Gasteiger partial charge in [0.25, 0.3) is 0 Å². The number of nitrogens with zero attached hydrogens (tertiary/aromatic N) is 1. The SMILES string of the molecule is O=C(Nc1ccc(Oc2ccc(C(F)(F)F)cc2)nc1)[C@@H]1CSCCS1. The van der Waals surface area contributed by atoms with Gasteiger partial charge in [-0.15, -0.1) is 11.8 Å². The molecule has 0 saturated carbocycles. The third-order valence-electron chi connectivity index (χ3n) is 3.52. The molecule has 0 bridgehead atoms. The highest BCUT2D eigenvalue weighted by molar-refractivity contribution is 8.07. The normalized spacial score (nSPS) is 17.6. The van der Waals surface area contributed by atoms with Crippen LogP contribution in [0.15, 0.2) is 42.6 Å². The van der Waals surface area contributed by atoms with E-state index in [9.17, 15) is 18.0 Å². The summed E-state index contributed by atoms with van der Waals surface area (Å²) in [5.41, 5.74) is -0.194. The van der Waals surface area contributed by atoms with E-state index in [1.165, 1.54) is 18.3 Å². The molecule has 1 saturated heterocycles. The van der Waals surface area contributed by atoms with Gasteiger partial charge in [0, 0.05) is 23.3 Å². The molecular weight excluding hydrogens is 385 g/mol. The highest BCUT2D eigenvalue weighted by Crippen LogP contribution is 2.31. The monoisotopic (exact) mass is 400 g/mol. The summed E-state index contributed by atoms with van der Waals surface area (Å²) in [6.07, 6.45) is -2.93.